The molecule has 0 saturated heterocycles. The van der Waals surface area contributed by atoms with Gasteiger partial charge in [0.15, 0.2) is 0 Å². The zero-order valence-corrected chi connectivity index (χ0v) is 11.9. The number of hydrogen-bond acceptors (Lipinski definition) is 3. The van der Waals surface area contributed by atoms with E-state index in [1.54, 1.807) is 12.1 Å². The Balaban J connectivity index is 1.81. The molecule has 5 heteroatoms. The van der Waals surface area contributed by atoms with Crippen molar-refractivity contribution in [3.05, 3.63) is 51.4 Å². The minimum Gasteiger partial charge on any atom is -0.392 e. The lowest BCUT2D eigenvalue weighted by Crippen LogP contribution is -2.12. The summed E-state index contributed by atoms with van der Waals surface area (Å²) in [7, 11) is 0. The van der Waals surface area contributed by atoms with Crippen LogP contribution in [0, 0.1) is 5.82 Å². The van der Waals surface area contributed by atoms with Crippen molar-refractivity contribution >= 4 is 34.7 Å². The monoisotopic (exact) mass is 302 g/mol. The molecule has 0 aliphatic rings. The van der Waals surface area contributed by atoms with E-state index in [1.807, 2.05) is 12.1 Å². The third kappa shape index (κ3) is 4.28. The number of benzene rings is 1. The molecule has 1 aromatic heterocycles. The van der Waals surface area contributed by atoms with E-state index in [2.05, 4.69) is 0 Å². The van der Waals surface area contributed by atoms with Crippen molar-refractivity contribution in [3.8, 4) is 0 Å². The minimum atomic E-state index is -0.422. The van der Waals surface area contributed by atoms with Crippen LogP contribution in [0.2, 0.25) is 4.34 Å². The summed E-state index contributed by atoms with van der Waals surface area (Å²) < 4.78 is 13.4. The van der Waals surface area contributed by atoms with Crippen molar-refractivity contribution in [2.45, 2.75) is 17.4 Å². The molecule has 0 aliphatic carbocycles. The molecule has 0 spiro atoms. The maximum absolute atomic E-state index is 12.7. The number of rotatable bonds is 5. The van der Waals surface area contributed by atoms with Crippen molar-refractivity contribution < 1.29 is 9.50 Å². The quantitative estimate of drug-likeness (QED) is 0.834. The Labute approximate surface area is 119 Å². The average molecular weight is 303 g/mol. The number of aliphatic hydroxyl groups excluding tert-OH is 1. The summed E-state index contributed by atoms with van der Waals surface area (Å²) in [6.07, 6.45) is 0.181. The highest BCUT2D eigenvalue weighted by molar-refractivity contribution is 7.99. The molecule has 0 radical (unpaired) electrons. The summed E-state index contributed by atoms with van der Waals surface area (Å²) in [5.41, 5.74) is 0. The minimum absolute atomic E-state index is 0.242. The van der Waals surface area contributed by atoms with Crippen molar-refractivity contribution in [2.24, 2.45) is 0 Å². The summed E-state index contributed by atoms with van der Waals surface area (Å²) >= 11 is 8.83. The van der Waals surface area contributed by atoms with Gasteiger partial charge in [-0.25, -0.2) is 4.39 Å². The Morgan fingerprint density at radius 1 is 1.22 bits per heavy atom. The van der Waals surface area contributed by atoms with Crippen LogP contribution in [0.4, 0.5) is 4.39 Å². The van der Waals surface area contributed by atoms with Crippen molar-refractivity contribution in [3.63, 3.8) is 0 Å². The van der Waals surface area contributed by atoms with E-state index in [4.69, 9.17) is 11.6 Å². The van der Waals surface area contributed by atoms with Gasteiger partial charge in [-0.2, -0.15) is 0 Å². The Bertz CT molecular complexity index is 498. The molecule has 0 fully saturated rings. The lowest BCUT2D eigenvalue weighted by atomic mass is 10.2. The van der Waals surface area contributed by atoms with Gasteiger partial charge in [-0.15, -0.1) is 23.1 Å². The van der Waals surface area contributed by atoms with Crippen LogP contribution < -0.4 is 0 Å². The van der Waals surface area contributed by atoms with Crippen molar-refractivity contribution in [2.75, 3.05) is 5.75 Å². The van der Waals surface area contributed by atoms with Crippen LogP contribution in [0.1, 0.15) is 4.88 Å². The van der Waals surface area contributed by atoms with E-state index < -0.39 is 6.10 Å². The van der Waals surface area contributed by atoms with E-state index in [-0.39, 0.29) is 5.82 Å². The Morgan fingerprint density at radius 3 is 2.56 bits per heavy atom. The van der Waals surface area contributed by atoms with Gasteiger partial charge in [0.1, 0.15) is 5.82 Å². The molecule has 0 aliphatic heterocycles. The number of halogens is 2. The Hall–Kier alpha value is -0.550. The first-order valence-electron chi connectivity index (χ1n) is 5.44. The molecular formula is C13H12ClFOS2. The number of thioether (sulfide) groups is 1. The van der Waals surface area contributed by atoms with Gasteiger partial charge in [0.25, 0.3) is 0 Å². The standard InChI is InChI=1S/C13H12ClFOS2/c14-13-6-5-12(18-13)7-10(16)8-17-11-3-1-9(15)2-4-11/h1-6,10,16H,7-8H2. The highest BCUT2D eigenvalue weighted by Crippen LogP contribution is 2.24. The zero-order valence-electron chi connectivity index (χ0n) is 9.48. The van der Waals surface area contributed by atoms with Gasteiger partial charge in [-0.3, -0.25) is 0 Å². The van der Waals surface area contributed by atoms with Crippen molar-refractivity contribution in [1.82, 2.24) is 0 Å². The molecule has 1 unspecified atom stereocenters. The normalized spacial score (nSPS) is 12.6. The number of aliphatic hydroxyl groups is 1. The first-order valence-corrected chi connectivity index (χ1v) is 7.62. The molecule has 1 heterocycles. The molecule has 1 nitrogen and oxygen atoms in total. The molecule has 0 amide bonds. The molecule has 1 aromatic carbocycles. The first kappa shape index (κ1) is 13.9. The number of hydrogen-bond donors (Lipinski definition) is 1. The average Bonchev–Trinajstić information content (AvgIpc) is 2.74. The van der Waals surface area contributed by atoms with Gasteiger partial charge in [0, 0.05) is 21.9 Å². The fourth-order valence-electron chi connectivity index (χ4n) is 1.48. The molecule has 1 N–H and O–H groups in total. The summed E-state index contributed by atoms with van der Waals surface area (Å²) in [5, 5.41) is 9.90. The molecule has 2 aromatic rings. The van der Waals surface area contributed by atoms with Gasteiger partial charge in [0.2, 0.25) is 0 Å². The summed E-state index contributed by atoms with van der Waals surface area (Å²) in [6.45, 7) is 0. The smallest absolute Gasteiger partial charge is 0.123 e. The van der Waals surface area contributed by atoms with Crippen molar-refractivity contribution in [1.29, 1.82) is 0 Å². The third-order valence-corrected chi connectivity index (χ3v) is 4.73. The van der Waals surface area contributed by atoms with Gasteiger partial charge < -0.3 is 5.11 Å². The second-order valence-electron chi connectivity index (χ2n) is 3.83. The predicted molar refractivity (Wildman–Crippen MR) is 76.2 cm³/mol. The van der Waals surface area contributed by atoms with Crippen LogP contribution >= 0.6 is 34.7 Å². The highest BCUT2D eigenvalue weighted by Gasteiger charge is 2.08. The van der Waals surface area contributed by atoms with Crippen LogP contribution in [0.5, 0.6) is 0 Å². The third-order valence-electron chi connectivity index (χ3n) is 2.32. The second kappa shape index (κ2) is 6.57. The van der Waals surface area contributed by atoms with E-state index in [1.165, 1.54) is 35.2 Å². The lowest BCUT2D eigenvalue weighted by molar-refractivity contribution is 0.201. The van der Waals surface area contributed by atoms with Crippen LogP contribution in [-0.4, -0.2) is 17.0 Å². The molecule has 1 atom stereocenters. The fraction of sp³-hybridized carbons (Fsp3) is 0.231. The van der Waals surface area contributed by atoms with Gasteiger partial charge in [0.05, 0.1) is 10.4 Å². The predicted octanol–water partition coefficient (Wildman–Crippen LogP) is 4.24. The first-order chi connectivity index (χ1) is 8.63. The molecule has 2 rings (SSSR count). The molecular weight excluding hydrogens is 291 g/mol. The molecule has 0 saturated carbocycles. The van der Waals surface area contributed by atoms with Gasteiger partial charge in [-0.05, 0) is 36.4 Å². The fourth-order valence-corrected chi connectivity index (χ4v) is 3.47. The Morgan fingerprint density at radius 2 is 1.94 bits per heavy atom. The molecule has 18 heavy (non-hydrogen) atoms. The van der Waals surface area contributed by atoms with E-state index in [0.717, 1.165) is 14.1 Å². The van der Waals surface area contributed by atoms with E-state index in [0.29, 0.717) is 12.2 Å². The summed E-state index contributed by atoms with van der Waals surface area (Å²) in [5.74, 6) is 0.342. The maximum Gasteiger partial charge on any atom is 0.123 e. The second-order valence-corrected chi connectivity index (χ2v) is 6.72. The molecule has 96 valence electrons. The molecule has 0 bridgehead atoms. The van der Waals surface area contributed by atoms with E-state index >= 15 is 0 Å². The van der Waals surface area contributed by atoms with Crippen LogP contribution in [-0.2, 0) is 6.42 Å². The van der Waals surface area contributed by atoms with E-state index in [9.17, 15) is 9.50 Å². The van der Waals surface area contributed by atoms with Gasteiger partial charge in [-0.1, -0.05) is 11.6 Å². The Kier molecular flexibility index (Phi) is 5.06. The van der Waals surface area contributed by atoms with Crippen LogP contribution in [0.15, 0.2) is 41.3 Å². The number of thiophene rings is 1. The van der Waals surface area contributed by atoms with Gasteiger partial charge >= 0.3 is 0 Å². The summed E-state index contributed by atoms with van der Waals surface area (Å²) in [6, 6.07) is 10.0. The zero-order chi connectivity index (χ0) is 13.0. The lowest BCUT2D eigenvalue weighted by Gasteiger charge is -2.08. The topological polar surface area (TPSA) is 20.2 Å². The van der Waals surface area contributed by atoms with Crippen LogP contribution in [0.3, 0.4) is 0 Å². The maximum atomic E-state index is 12.7. The SMILES string of the molecule is OC(CSc1ccc(F)cc1)Cc1ccc(Cl)s1. The summed E-state index contributed by atoms with van der Waals surface area (Å²) in [4.78, 5) is 2.03. The largest absolute Gasteiger partial charge is 0.392 e. The van der Waals surface area contributed by atoms with Crippen LogP contribution in [0.25, 0.3) is 0 Å². The highest BCUT2D eigenvalue weighted by atomic mass is 35.5.